The SMILES string of the molecule is CCCCCCCCCCCCCCCCCCCCC(=O)O[C@H](COC(=O)CCCCCCCCCCCCCCC)COP(=O)(O)OC[C@@H](O)COP(=O)(O)OC[C@@H](COC(=O)CCCCCCCCC(C)C)OC(=O)CCCCCCCCCCCCC. The van der Waals surface area contributed by atoms with Gasteiger partial charge in [-0.1, -0.05) is 324 Å². The van der Waals surface area contributed by atoms with Crippen LogP contribution in [-0.2, 0) is 65.4 Å². The summed E-state index contributed by atoms with van der Waals surface area (Å²) >= 11 is 0. The molecule has 540 valence electrons. The Bertz CT molecular complexity index is 1750. The van der Waals surface area contributed by atoms with Crippen molar-refractivity contribution >= 4 is 39.5 Å². The Balaban J connectivity index is 5.21. The number of esters is 4. The van der Waals surface area contributed by atoms with Crippen molar-refractivity contribution in [2.45, 2.75) is 393 Å². The smallest absolute Gasteiger partial charge is 0.462 e. The van der Waals surface area contributed by atoms with Gasteiger partial charge in [0.1, 0.15) is 19.3 Å². The highest BCUT2D eigenvalue weighted by molar-refractivity contribution is 7.47. The molecule has 2 unspecified atom stereocenters. The van der Waals surface area contributed by atoms with Crippen LogP contribution in [0.1, 0.15) is 375 Å². The monoisotopic (exact) mass is 1340 g/mol. The second-order valence-electron chi connectivity index (χ2n) is 26.5. The fraction of sp³-hybridized carbons (Fsp3) is 0.944. The highest BCUT2D eigenvalue weighted by Gasteiger charge is 2.30. The van der Waals surface area contributed by atoms with E-state index in [2.05, 4.69) is 34.6 Å². The van der Waals surface area contributed by atoms with E-state index in [0.717, 1.165) is 96.3 Å². The van der Waals surface area contributed by atoms with Crippen LogP contribution < -0.4 is 0 Å². The number of hydrogen-bond acceptors (Lipinski definition) is 15. The van der Waals surface area contributed by atoms with Crippen LogP contribution in [0.5, 0.6) is 0 Å². The lowest BCUT2D eigenvalue weighted by Gasteiger charge is -2.21. The highest BCUT2D eigenvalue weighted by atomic mass is 31.2. The van der Waals surface area contributed by atoms with Gasteiger partial charge in [-0.3, -0.25) is 37.3 Å². The molecule has 0 saturated heterocycles. The number of carbonyl (C=O) groups excluding carboxylic acids is 4. The van der Waals surface area contributed by atoms with Crippen LogP contribution in [0.2, 0.25) is 0 Å². The Labute approximate surface area is 556 Å². The molecule has 19 heteroatoms. The summed E-state index contributed by atoms with van der Waals surface area (Å²) in [6.45, 7) is 7.18. The van der Waals surface area contributed by atoms with Crippen molar-refractivity contribution < 1.29 is 80.2 Å². The van der Waals surface area contributed by atoms with Gasteiger partial charge in [-0.05, 0) is 31.6 Å². The van der Waals surface area contributed by atoms with E-state index in [1.54, 1.807) is 0 Å². The lowest BCUT2D eigenvalue weighted by atomic mass is 10.0. The summed E-state index contributed by atoms with van der Waals surface area (Å²) in [5.74, 6) is -1.44. The van der Waals surface area contributed by atoms with E-state index in [0.29, 0.717) is 31.6 Å². The van der Waals surface area contributed by atoms with Crippen molar-refractivity contribution in [1.29, 1.82) is 0 Å². The molecule has 91 heavy (non-hydrogen) atoms. The molecule has 0 aliphatic heterocycles. The largest absolute Gasteiger partial charge is 0.472 e. The Morgan fingerprint density at radius 1 is 0.297 bits per heavy atom. The van der Waals surface area contributed by atoms with E-state index in [4.69, 9.17) is 37.0 Å². The number of aliphatic hydroxyl groups excluding tert-OH is 1. The Kier molecular flexibility index (Phi) is 64.0. The summed E-state index contributed by atoms with van der Waals surface area (Å²) < 4.78 is 68.3. The molecule has 0 aromatic heterocycles. The van der Waals surface area contributed by atoms with E-state index >= 15 is 0 Å². The molecular weight excluding hydrogens is 1200 g/mol. The normalized spacial score (nSPS) is 14.0. The molecule has 0 amide bonds. The van der Waals surface area contributed by atoms with E-state index < -0.39 is 97.5 Å². The van der Waals surface area contributed by atoms with Gasteiger partial charge in [-0.2, -0.15) is 0 Å². The van der Waals surface area contributed by atoms with Crippen molar-refractivity contribution in [1.82, 2.24) is 0 Å². The maximum atomic E-state index is 13.0. The quantitative estimate of drug-likeness (QED) is 0.0222. The van der Waals surface area contributed by atoms with Gasteiger partial charge in [0, 0.05) is 25.7 Å². The standard InChI is InChI=1S/C72H140O17P2/c1-6-9-12-15-18-21-24-26-27-28-29-30-32-35-38-41-48-53-58-72(77)88-67(61-82-69(74)55-50-45-39-36-34-31-25-22-19-16-13-10-7-2)63-86-90(78,79)84-59-66(73)60-85-91(80,81)87-64-68(62-83-70(75)56-51-46-43-42-44-49-54-65(4)5)89-71(76)57-52-47-40-37-33-23-20-17-14-11-8-3/h65-68,73H,6-64H2,1-5H3,(H,78,79)(H,80,81)/t66-,67-,68-/m1/s1. The number of rotatable bonds is 72. The first kappa shape index (κ1) is 89.1. The molecule has 0 aliphatic rings. The minimum Gasteiger partial charge on any atom is -0.462 e. The van der Waals surface area contributed by atoms with Gasteiger partial charge in [-0.25, -0.2) is 9.13 Å². The van der Waals surface area contributed by atoms with Crippen LogP contribution in [0.15, 0.2) is 0 Å². The zero-order valence-corrected chi connectivity index (χ0v) is 60.8. The van der Waals surface area contributed by atoms with Gasteiger partial charge in [0.05, 0.1) is 26.4 Å². The third-order valence-corrected chi connectivity index (χ3v) is 18.7. The number of carbonyl (C=O) groups is 4. The average molecular weight is 1340 g/mol. The summed E-state index contributed by atoms with van der Waals surface area (Å²) in [5, 5.41) is 10.6. The molecule has 5 atom stereocenters. The summed E-state index contributed by atoms with van der Waals surface area (Å²) in [6.07, 6.45) is 52.8. The first-order chi connectivity index (χ1) is 44.0. The molecular formula is C72H140O17P2. The minimum absolute atomic E-state index is 0.106. The van der Waals surface area contributed by atoms with Crippen molar-refractivity contribution in [3.63, 3.8) is 0 Å². The zero-order valence-electron chi connectivity index (χ0n) is 59.0. The lowest BCUT2D eigenvalue weighted by Crippen LogP contribution is -2.30. The highest BCUT2D eigenvalue weighted by Crippen LogP contribution is 2.45. The van der Waals surface area contributed by atoms with Crippen molar-refractivity contribution in [3.8, 4) is 0 Å². The molecule has 0 radical (unpaired) electrons. The summed E-state index contributed by atoms with van der Waals surface area (Å²) in [6, 6.07) is 0. The summed E-state index contributed by atoms with van der Waals surface area (Å²) in [5.41, 5.74) is 0. The number of unbranched alkanes of at least 4 members (excludes halogenated alkanes) is 44. The van der Waals surface area contributed by atoms with Gasteiger partial charge in [-0.15, -0.1) is 0 Å². The van der Waals surface area contributed by atoms with Gasteiger partial charge in [0.25, 0.3) is 0 Å². The Morgan fingerprint density at radius 3 is 0.747 bits per heavy atom. The van der Waals surface area contributed by atoms with E-state index in [-0.39, 0.29) is 25.7 Å². The summed E-state index contributed by atoms with van der Waals surface area (Å²) in [4.78, 5) is 72.6. The van der Waals surface area contributed by atoms with Crippen LogP contribution >= 0.6 is 15.6 Å². The topological polar surface area (TPSA) is 237 Å². The third-order valence-electron chi connectivity index (χ3n) is 16.8. The van der Waals surface area contributed by atoms with Crippen LogP contribution in [-0.4, -0.2) is 96.7 Å². The van der Waals surface area contributed by atoms with Crippen molar-refractivity contribution in [2.24, 2.45) is 5.92 Å². The number of hydrogen-bond donors (Lipinski definition) is 3. The minimum atomic E-state index is -4.95. The van der Waals surface area contributed by atoms with Crippen LogP contribution in [0.3, 0.4) is 0 Å². The lowest BCUT2D eigenvalue weighted by molar-refractivity contribution is -0.161. The van der Waals surface area contributed by atoms with Crippen molar-refractivity contribution in [3.05, 3.63) is 0 Å². The third kappa shape index (κ3) is 66.5. The van der Waals surface area contributed by atoms with Crippen LogP contribution in [0.4, 0.5) is 0 Å². The van der Waals surface area contributed by atoms with Crippen LogP contribution in [0, 0.1) is 5.92 Å². The Morgan fingerprint density at radius 2 is 0.505 bits per heavy atom. The van der Waals surface area contributed by atoms with E-state index in [1.807, 2.05) is 0 Å². The van der Waals surface area contributed by atoms with Gasteiger partial charge < -0.3 is 33.8 Å². The second-order valence-corrected chi connectivity index (χ2v) is 29.4. The first-order valence-corrected chi connectivity index (χ1v) is 40.6. The van der Waals surface area contributed by atoms with Crippen LogP contribution in [0.25, 0.3) is 0 Å². The molecule has 0 saturated carbocycles. The predicted octanol–water partition coefficient (Wildman–Crippen LogP) is 20.9. The molecule has 0 aromatic carbocycles. The maximum absolute atomic E-state index is 13.0. The number of aliphatic hydroxyl groups is 1. The van der Waals surface area contributed by atoms with Gasteiger partial charge in [0.2, 0.25) is 0 Å². The van der Waals surface area contributed by atoms with Gasteiger partial charge >= 0.3 is 39.5 Å². The van der Waals surface area contributed by atoms with E-state index in [1.165, 1.54) is 193 Å². The fourth-order valence-electron chi connectivity index (χ4n) is 11.0. The molecule has 0 rings (SSSR count). The summed E-state index contributed by atoms with van der Waals surface area (Å²) in [7, 11) is -9.90. The molecule has 0 fully saturated rings. The molecule has 0 heterocycles. The molecule has 0 aliphatic carbocycles. The molecule has 3 N–H and O–H groups in total. The fourth-order valence-corrected chi connectivity index (χ4v) is 12.6. The number of phosphoric ester groups is 2. The first-order valence-electron chi connectivity index (χ1n) is 37.6. The second kappa shape index (κ2) is 65.4. The molecule has 17 nitrogen and oxygen atoms in total. The Hall–Kier alpha value is -1.94. The number of phosphoric acid groups is 2. The molecule has 0 aromatic rings. The zero-order chi connectivity index (χ0) is 67.0. The maximum Gasteiger partial charge on any atom is 0.472 e. The molecule has 0 spiro atoms. The molecule has 0 bridgehead atoms. The van der Waals surface area contributed by atoms with Crippen molar-refractivity contribution in [2.75, 3.05) is 39.6 Å². The van der Waals surface area contributed by atoms with Gasteiger partial charge in [0.15, 0.2) is 12.2 Å². The number of ether oxygens (including phenoxy) is 4. The average Bonchev–Trinajstić information content (AvgIpc) is 3.37. The van der Waals surface area contributed by atoms with E-state index in [9.17, 15) is 43.2 Å². The predicted molar refractivity (Wildman–Crippen MR) is 368 cm³/mol.